The van der Waals surface area contributed by atoms with Crippen LogP contribution in [0.5, 0.6) is 0 Å². The summed E-state index contributed by atoms with van der Waals surface area (Å²) < 4.78 is 5.79. The van der Waals surface area contributed by atoms with E-state index in [1.165, 1.54) is 6.92 Å². The van der Waals surface area contributed by atoms with Crippen molar-refractivity contribution in [2.24, 2.45) is 28.6 Å². The Hall–Kier alpha value is -1.49. The molecule has 5 nitrogen and oxygen atoms in total. The lowest BCUT2D eigenvalue weighted by atomic mass is 9.46. The zero-order chi connectivity index (χ0) is 20.3. The number of carbonyl (C=O) groups is 3. The van der Waals surface area contributed by atoms with E-state index >= 15 is 0 Å². The quantitative estimate of drug-likeness (QED) is 0.592. The highest BCUT2D eigenvalue weighted by Gasteiger charge is 2.68. The molecule has 4 aliphatic carbocycles. The number of aliphatic hydroxyl groups excluding tert-OH is 1. The Morgan fingerprint density at radius 1 is 1.18 bits per heavy atom. The van der Waals surface area contributed by atoms with Crippen molar-refractivity contribution in [2.75, 3.05) is 6.61 Å². The van der Waals surface area contributed by atoms with Crippen LogP contribution in [0.4, 0.5) is 0 Å². The van der Waals surface area contributed by atoms with Gasteiger partial charge in [-0.1, -0.05) is 18.6 Å². The summed E-state index contributed by atoms with van der Waals surface area (Å²) in [6, 6.07) is 0. The molecule has 1 N–H and O–H groups in total. The van der Waals surface area contributed by atoms with E-state index in [0.29, 0.717) is 31.1 Å². The summed E-state index contributed by atoms with van der Waals surface area (Å²) in [6.45, 7) is 5.19. The molecule has 0 bridgehead atoms. The summed E-state index contributed by atoms with van der Waals surface area (Å²) in [6.07, 6.45) is 8.05. The molecule has 0 heterocycles. The van der Waals surface area contributed by atoms with Crippen molar-refractivity contribution in [1.82, 2.24) is 0 Å². The van der Waals surface area contributed by atoms with Crippen LogP contribution >= 0.6 is 0 Å². The van der Waals surface area contributed by atoms with Gasteiger partial charge < -0.3 is 9.84 Å². The van der Waals surface area contributed by atoms with E-state index < -0.39 is 5.60 Å². The Balaban J connectivity index is 1.73. The Kier molecular flexibility index (Phi) is 4.61. The molecule has 0 aliphatic heterocycles. The van der Waals surface area contributed by atoms with Crippen molar-refractivity contribution >= 4 is 17.5 Å². The average molecular weight is 389 g/mol. The first-order valence-corrected chi connectivity index (χ1v) is 10.7. The minimum absolute atomic E-state index is 0.0432. The number of Topliss-reactive ketones (excluding diaryl/α,β-unsaturated/α-hetero) is 2. The molecule has 0 aromatic carbocycles. The van der Waals surface area contributed by atoms with Gasteiger partial charge in [0.05, 0.1) is 6.61 Å². The Bertz CT molecular complexity index is 754. The van der Waals surface area contributed by atoms with Crippen LogP contribution in [0, 0.1) is 28.6 Å². The molecule has 0 aromatic rings. The van der Waals surface area contributed by atoms with E-state index in [-0.39, 0.29) is 40.9 Å². The van der Waals surface area contributed by atoms with Crippen molar-refractivity contribution in [2.45, 2.75) is 77.7 Å². The van der Waals surface area contributed by atoms with Gasteiger partial charge in [0, 0.05) is 30.6 Å². The van der Waals surface area contributed by atoms with Gasteiger partial charge in [0.1, 0.15) is 5.78 Å². The molecule has 4 rings (SSSR count). The van der Waals surface area contributed by atoms with E-state index in [0.717, 1.165) is 37.7 Å². The lowest BCUT2D eigenvalue weighted by molar-refractivity contribution is -0.187. The van der Waals surface area contributed by atoms with E-state index in [1.807, 2.05) is 0 Å². The number of esters is 1. The lowest BCUT2D eigenvalue weighted by Gasteiger charge is -2.58. The number of fused-ring (bicyclic) bond motifs is 5. The molecule has 6 atom stereocenters. The number of aliphatic hydroxyl groups is 1. The molecule has 0 unspecified atom stereocenters. The summed E-state index contributed by atoms with van der Waals surface area (Å²) in [5, 5.41) is 10.4. The van der Waals surface area contributed by atoms with Crippen LogP contribution in [-0.2, 0) is 19.1 Å². The van der Waals surface area contributed by atoms with Crippen molar-refractivity contribution in [3.05, 3.63) is 11.6 Å². The van der Waals surface area contributed by atoms with Crippen molar-refractivity contribution in [1.29, 1.82) is 0 Å². The molecular formula is C23H32O5. The SMILES string of the molecule is CC(=O)O[C@]1(C(C)=O)CC[C@H]2[C@@H]3CC=C4CC(=O)CC[C@]4(CO)[C@H]3CC[C@@]21C. The Labute approximate surface area is 166 Å². The fourth-order valence-corrected chi connectivity index (χ4v) is 7.64. The van der Waals surface area contributed by atoms with Crippen molar-refractivity contribution in [3.8, 4) is 0 Å². The average Bonchev–Trinajstić information content (AvgIpc) is 2.94. The predicted octanol–water partition coefficient (Wildman–Crippen LogP) is 3.38. The van der Waals surface area contributed by atoms with E-state index in [1.54, 1.807) is 6.92 Å². The van der Waals surface area contributed by atoms with Gasteiger partial charge in [-0.05, 0) is 63.2 Å². The molecule has 3 saturated carbocycles. The van der Waals surface area contributed by atoms with Gasteiger partial charge in [0.15, 0.2) is 11.4 Å². The standard InChI is InChI=1S/C23H32O5/c1-14(25)23(28-15(2)26)11-8-19-18-5-4-16-12-17(27)6-10-22(16,13-24)20(18)7-9-21(19,23)3/h4,18-20,24H,5-13H2,1-3H3/t18-,19-,20-,21-,22+,23-/m0/s1. The molecular weight excluding hydrogens is 356 g/mol. The number of carbonyl (C=O) groups excluding carboxylic acids is 3. The maximum atomic E-state index is 12.7. The van der Waals surface area contributed by atoms with Gasteiger partial charge in [-0.2, -0.15) is 0 Å². The van der Waals surface area contributed by atoms with E-state index in [2.05, 4.69) is 13.0 Å². The highest BCUT2D eigenvalue weighted by atomic mass is 16.6. The second-order valence-electron chi connectivity index (χ2n) is 9.84. The number of ketones is 2. The van der Waals surface area contributed by atoms with Crippen LogP contribution in [0.25, 0.3) is 0 Å². The number of allylic oxidation sites excluding steroid dienone is 1. The first-order valence-electron chi connectivity index (χ1n) is 10.7. The zero-order valence-corrected chi connectivity index (χ0v) is 17.3. The van der Waals surface area contributed by atoms with Crippen molar-refractivity contribution < 1.29 is 24.2 Å². The van der Waals surface area contributed by atoms with Crippen molar-refractivity contribution in [3.63, 3.8) is 0 Å². The molecule has 0 aromatic heterocycles. The summed E-state index contributed by atoms with van der Waals surface area (Å²) >= 11 is 0. The zero-order valence-electron chi connectivity index (χ0n) is 17.3. The fraction of sp³-hybridized carbons (Fsp3) is 0.783. The molecule has 0 saturated heterocycles. The molecule has 3 fully saturated rings. The molecule has 154 valence electrons. The molecule has 5 heteroatoms. The van der Waals surface area contributed by atoms with Crippen LogP contribution < -0.4 is 0 Å². The monoisotopic (exact) mass is 388 g/mol. The third-order valence-electron chi connectivity index (χ3n) is 8.95. The summed E-state index contributed by atoms with van der Waals surface area (Å²) in [4.78, 5) is 36.6. The first-order chi connectivity index (χ1) is 13.2. The highest BCUT2D eigenvalue weighted by Crippen LogP contribution is 2.67. The second-order valence-corrected chi connectivity index (χ2v) is 9.84. The fourth-order valence-electron chi connectivity index (χ4n) is 7.64. The Morgan fingerprint density at radius 3 is 2.54 bits per heavy atom. The van der Waals surface area contributed by atoms with Gasteiger partial charge in [-0.25, -0.2) is 0 Å². The van der Waals surface area contributed by atoms with Crippen LogP contribution in [0.1, 0.15) is 72.1 Å². The highest BCUT2D eigenvalue weighted by molar-refractivity contribution is 5.89. The third-order valence-corrected chi connectivity index (χ3v) is 8.95. The van der Waals surface area contributed by atoms with Gasteiger partial charge >= 0.3 is 5.97 Å². The maximum absolute atomic E-state index is 12.7. The van der Waals surface area contributed by atoms with Gasteiger partial charge in [-0.15, -0.1) is 0 Å². The number of hydrogen-bond donors (Lipinski definition) is 1. The summed E-state index contributed by atoms with van der Waals surface area (Å²) in [7, 11) is 0. The molecule has 4 aliphatic rings. The number of hydrogen-bond acceptors (Lipinski definition) is 5. The van der Waals surface area contributed by atoms with Crippen LogP contribution in [0.2, 0.25) is 0 Å². The van der Waals surface area contributed by atoms with Crippen LogP contribution in [0.15, 0.2) is 11.6 Å². The van der Waals surface area contributed by atoms with Crippen LogP contribution in [0.3, 0.4) is 0 Å². The largest absolute Gasteiger partial charge is 0.451 e. The smallest absolute Gasteiger partial charge is 0.303 e. The predicted molar refractivity (Wildman–Crippen MR) is 103 cm³/mol. The molecule has 0 amide bonds. The minimum Gasteiger partial charge on any atom is -0.451 e. The van der Waals surface area contributed by atoms with Gasteiger partial charge in [0.25, 0.3) is 0 Å². The summed E-state index contributed by atoms with van der Waals surface area (Å²) in [5.41, 5.74) is -0.515. The van der Waals surface area contributed by atoms with Gasteiger partial charge in [0.2, 0.25) is 0 Å². The van der Waals surface area contributed by atoms with Crippen LogP contribution in [-0.4, -0.2) is 34.9 Å². The second kappa shape index (κ2) is 6.51. The molecule has 0 spiro atoms. The minimum atomic E-state index is -1.02. The normalized spacial score (nSPS) is 44.8. The topological polar surface area (TPSA) is 80.7 Å². The lowest BCUT2D eigenvalue weighted by Crippen LogP contribution is -2.59. The van der Waals surface area contributed by atoms with Gasteiger partial charge in [-0.3, -0.25) is 14.4 Å². The van der Waals surface area contributed by atoms with E-state index in [9.17, 15) is 19.5 Å². The number of rotatable bonds is 3. The molecule has 28 heavy (non-hydrogen) atoms. The first kappa shape index (κ1) is 19.8. The Morgan fingerprint density at radius 2 is 1.89 bits per heavy atom. The third kappa shape index (κ3) is 2.44. The number of ether oxygens (including phenoxy) is 1. The van der Waals surface area contributed by atoms with E-state index in [4.69, 9.17) is 4.74 Å². The molecule has 0 radical (unpaired) electrons. The summed E-state index contributed by atoms with van der Waals surface area (Å²) in [5.74, 6) is 0.832. The maximum Gasteiger partial charge on any atom is 0.303 e.